The van der Waals surface area contributed by atoms with E-state index in [1.165, 1.54) is 19.2 Å². The number of H-pyrrole nitrogens is 1. The Labute approximate surface area is 211 Å². The summed E-state index contributed by atoms with van der Waals surface area (Å²) in [6.45, 7) is 5.98. The van der Waals surface area contributed by atoms with E-state index in [1.54, 1.807) is 12.1 Å². The number of likely N-dealkylation sites (tertiary alicyclic amines) is 1. The predicted octanol–water partition coefficient (Wildman–Crippen LogP) is 3.86. The number of hydrogen-bond acceptors (Lipinski definition) is 8. The highest BCUT2D eigenvalue weighted by Crippen LogP contribution is 2.35. The van der Waals surface area contributed by atoms with Gasteiger partial charge in [0.2, 0.25) is 0 Å². The van der Waals surface area contributed by atoms with Crippen molar-refractivity contribution in [2.24, 2.45) is 0 Å². The maximum Gasteiger partial charge on any atom is 0.387 e. The van der Waals surface area contributed by atoms with Crippen LogP contribution in [0, 0.1) is 6.92 Å². The fourth-order valence-corrected chi connectivity index (χ4v) is 5.36. The van der Waals surface area contributed by atoms with Crippen LogP contribution in [0.5, 0.6) is 5.75 Å². The lowest BCUT2D eigenvalue weighted by atomic mass is 10.1. The summed E-state index contributed by atoms with van der Waals surface area (Å²) < 4.78 is 31.7. The van der Waals surface area contributed by atoms with Crippen molar-refractivity contribution < 1.29 is 13.5 Å². The Kier molecular flexibility index (Phi) is 7.19. The molecule has 0 bridgehead atoms. The summed E-state index contributed by atoms with van der Waals surface area (Å²) in [6.07, 6.45) is 4.00. The van der Waals surface area contributed by atoms with Gasteiger partial charge in [0.25, 0.3) is 0 Å². The molecule has 2 aliphatic rings. The molecular formula is C23H29BrF2N8O. The Morgan fingerprint density at radius 3 is 2.57 bits per heavy atom. The molecule has 5 rings (SSSR count). The van der Waals surface area contributed by atoms with Crippen LogP contribution in [0.1, 0.15) is 18.4 Å². The van der Waals surface area contributed by atoms with E-state index in [1.807, 2.05) is 6.92 Å². The quantitative estimate of drug-likeness (QED) is 0.437. The van der Waals surface area contributed by atoms with Gasteiger partial charge in [-0.1, -0.05) is 0 Å². The van der Waals surface area contributed by atoms with Crippen LogP contribution in [0.2, 0.25) is 0 Å². The first kappa shape index (κ1) is 24.0. The van der Waals surface area contributed by atoms with Gasteiger partial charge in [0.15, 0.2) is 5.65 Å². The maximum absolute atomic E-state index is 13.1. The average molecular weight is 551 g/mol. The third kappa shape index (κ3) is 5.27. The Hall–Kier alpha value is -2.73. The lowest BCUT2D eigenvalue weighted by Crippen LogP contribution is -2.47. The van der Waals surface area contributed by atoms with Gasteiger partial charge >= 0.3 is 6.61 Å². The number of nitrogens with one attached hydrogen (secondary N) is 2. The van der Waals surface area contributed by atoms with Gasteiger partial charge < -0.3 is 24.8 Å². The molecule has 35 heavy (non-hydrogen) atoms. The number of hydrogen-bond donors (Lipinski definition) is 2. The zero-order chi connectivity index (χ0) is 24.4. The first-order valence-electron chi connectivity index (χ1n) is 11.9. The maximum atomic E-state index is 13.1. The van der Waals surface area contributed by atoms with E-state index < -0.39 is 6.61 Å². The van der Waals surface area contributed by atoms with Gasteiger partial charge in [-0.2, -0.15) is 13.9 Å². The van der Waals surface area contributed by atoms with Gasteiger partial charge in [0, 0.05) is 62.8 Å². The number of halogens is 3. The van der Waals surface area contributed by atoms with E-state index in [4.69, 9.17) is 4.74 Å². The van der Waals surface area contributed by atoms with Crippen LogP contribution < -0.4 is 19.9 Å². The van der Waals surface area contributed by atoms with Crippen molar-refractivity contribution in [2.45, 2.75) is 26.4 Å². The highest BCUT2D eigenvalue weighted by Gasteiger charge is 2.24. The standard InChI is InChI=1S/C23H29BrF2N8O/c1-15-17(27-4-7-32-5-2-3-6-32)12-16(35-23(25)26)13-18(15)33-8-10-34(11-9-33)22-19-20(24)30-31-21(19)28-14-29-22/h12-14,23,27H,2-11H2,1H3,(H,28,29,30,31). The molecule has 0 spiro atoms. The molecule has 0 unspecified atom stereocenters. The average Bonchev–Trinajstić information content (AvgIpc) is 3.51. The molecule has 2 N–H and O–H groups in total. The van der Waals surface area contributed by atoms with Crippen molar-refractivity contribution >= 4 is 44.2 Å². The molecule has 2 fully saturated rings. The molecule has 0 saturated carbocycles. The Morgan fingerprint density at radius 1 is 1.09 bits per heavy atom. The van der Waals surface area contributed by atoms with Crippen molar-refractivity contribution in [3.8, 4) is 5.75 Å². The summed E-state index contributed by atoms with van der Waals surface area (Å²) in [5, 5.41) is 11.4. The minimum absolute atomic E-state index is 0.173. The van der Waals surface area contributed by atoms with Gasteiger partial charge in [0.05, 0.1) is 5.39 Å². The fraction of sp³-hybridized carbons (Fsp3) is 0.522. The number of fused-ring (bicyclic) bond motifs is 1. The van der Waals surface area contributed by atoms with Crippen molar-refractivity contribution in [3.05, 3.63) is 28.6 Å². The Balaban J connectivity index is 1.32. The monoisotopic (exact) mass is 550 g/mol. The minimum atomic E-state index is -2.87. The molecule has 3 aromatic rings. The van der Waals surface area contributed by atoms with Crippen LogP contribution in [0.3, 0.4) is 0 Å². The molecule has 4 heterocycles. The summed E-state index contributed by atoms with van der Waals surface area (Å²) in [4.78, 5) is 15.6. The number of ether oxygens (including phenoxy) is 1. The van der Waals surface area contributed by atoms with Crippen molar-refractivity contribution in [1.29, 1.82) is 0 Å². The summed E-state index contributed by atoms with van der Waals surface area (Å²) in [6, 6.07) is 3.40. The number of rotatable bonds is 8. The van der Waals surface area contributed by atoms with Gasteiger partial charge in [0.1, 0.15) is 22.5 Å². The molecular weight excluding hydrogens is 522 g/mol. The van der Waals surface area contributed by atoms with Gasteiger partial charge in [-0.05, 0) is 54.3 Å². The summed E-state index contributed by atoms with van der Waals surface area (Å²) in [5.74, 6) is 0.998. The number of piperazine rings is 1. The van der Waals surface area contributed by atoms with E-state index >= 15 is 0 Å². The second-order valence-electron chi connectivity index (χ2n) is 8.88. The molecule has 12 heteroatoms. The second-order valence-corrected chi connectivity index (χ2v) is 9.67. The van der Waals surface area contributed by atoms with Crippen LogP contribution in [0.15, 0.2) is 23.1 Å². The third-order valence-electron chi connectivity index (χ3n) is 6.73. The molecule has 0 amide bonds. The van der Waals surface area contributed by atoms with Gasteiger partial charge in [-0.3, -0.25) is 5.10 Å². The fourth-order valence-electron chi connectivity index (χ4n) is 4.92. The minimum Gasteiger partial charge on any atom is -0.435 e. The Morgan fingerprint density at radius 2 is 1.83 bits per heavy atom. The lowest BCUT2D eigenvalue weighted by Gasteiger charge is -2.38. The van der Waals surface area contributed by atoms with Crippen LogP contribution in [-0.4, -0.2) is 84.0 Å². The van der Waals surface area contributed by atoms with Gasteiger partial charge in [-0.15, -0.1) is 0 Å². The second kappa shape index (κ2) is 10.5. The smallest absolute Gasteiger partial charge is 0.387 e. The zero-order valence-electron chi connectivity index (χ0n) is 19.6. The van der Waals surface area contributed by atoms with Crippen LogP contribution in [-0.2, 0) is 0 Å². The van der Waals surface area contributed by atoms with Crippen LogP contribution in [0.4, 0.5) is 26.0 Å². The number of aromatic amines is 1. The van der Waals surface area contributed by atoms with E-state index in [-0.39, 0.29) is 5.75 Å². The predicted molar refractivity (Wildman–Crippen MR) is 136 cm³/mol. The molecule has 2 saturated heterocycles. The normalized spacial score (nSPS) is 17.1. The van der Waals surface area contributed by atoms with E-state index in [9.17, 15) is 8.78 Å². The van der Waals surface area contributed by atoms with Crippen LogP contribution >= 0.6 is 15.9 Å². The zero-order valence-corrected chi connectivity index (χ0v) is 21.2. The van der Waals surface area contributed by atoms with E-state index in [0.29, 0.717) is 18.7 Å². The number of alkyl halides is 2. The number of benzene rings is 1. The summed E-state index contributed by atoms with van der Waals surface area (Å²) in [5.41, 5.74) is 3.38. The topological polar surface area (TPSA) is 85.4 Å². The van der Waals surface area contributed by atoms with Gasteiger partial charge in [-0.25, -0.2) is 9.97 Å². The summed E-state index contributed by atoms with van der Waals surface area (Å²) >= 11 is 3.50. The van der Waals surface area contributed by atoms with E-state index in [0.717, 1.165) is 72.0 Å². The molecule has 0 radical (unpaired) electrons. The molecule has 2 aliphatic heterocycles. The van der Waals surface area contributed by atoms with Crippen LogP contribution in [0.25, 0.3) is 11.0 Å². The highest BCUT2D eigenvalue weighted by molar-refractivity contribution is 9.10. The number of aromatic nitrogens is 4. The summed E-state index contributed by atoms with van der Waals surface area (Å²) in [7, 11) is 0. The Bertz CT molecular complexity index is 1160. The van der Waals surface area contributed by atoms with Crippen molar-refractivity contribution in [1.82, 2.24) is 25.1 Å². The molecule has 2 aromatic heterocycles. The molecule has 188 valence electrons. The lowest BCUT2D eigenvalue weighted by molar-refractivity contribution is -0.0497. The first-order valence-corrected chi connectivity index (χ1v) is 12.7. The molecule has 0 atom stereocenters. The third-order valence-corrected chi connectivity index (χ3v) is 7.30. The highest BCUT2D eigenvalue weighted by atomic mass is 79.9. The molecule has 9 nitrogen and oxygen atoms in total. The number of nitrogens with zero attached hydrogens (tertiary/aromatic N) is 6. The largest absolute Gasteiger partial charge is 0.435 e. The van der Waals surface area contributed by atoms with E-state index in [2.05, 4.69) is 56.1 Å². The molecule has 0 aliphatic carbocycles. The number of anilines is 3. The molecule has 1 aromatic carbocycles. The SMILES string of the molecule is Cc1c(NCCN2CCCC2)cc(OC(F)F)cc1N1CCN(c2ncnc3n[nH]c(Br)c23)CC1. The van der Waals surface area contributed by atoms with Crippen molar-refractivity contribution in [2.75, 3.05) is 67.5 Å². The van der Waals surface area contributed by atoms with Crippen molar-refractivity contribution in [3.63, 3.8) is 0 Å². The first-order chi connectivity index (χ1) is 17.0.